The van der Waals surface area contributed by atoms with E-state index in [9.17, 15) is 4.79 Å². The normalized spacial score (nSPS) is 12.4. The van der Waals surface area contributed by atoms with Gasteiger partial charge in [-0.05, 0) is 52.8 Å². The predicted octanol–water partition coefficient (Wildman–Crippen LogP) is 6.08. The van der Waals surface area contributed by atoms with Gasteiger partial charge in [0.05, 0.1) is 24.4 Å². The van der Waals surface area contributed by atoms with Crippen LogP contribution in [-0.4, -0.2) is 16.2 Å². The fraction of sp³-hybridized carbons (Fsp3) is 0.267. The van der Waals surface area contributed by atoms with Gasteiger partial charge in [0.2, 0.25) is 0 Å². The van der Waals surface area contributed by atoms with Crippen LogP contribution in [0.3, 0.4) is 0 Å². The minimum Gasteiger partial charge on any atom is -0.493 e. The summed E-state index contributed by atoms with van der Waals surface area (Å²) in [7, 11) is 0. The standard InChI is InChI=1S/C30H30N2O2/c1-3-8-28-31-26(4-2)29(25-15-16-27-24(19-25)17-18-34-27)30(33)32(28)20-21-11-13-23(14-12-21)22-9-6-5-7-10-22/h5-7,9-16,19H,3-4,8,17-18,20H2,1-2H3. The van der Waals surface area contributed by atoms with Crippen molar-refractivity contribution in [1.29, 1.82) is 0 Å². The van der Waals surface area contributed by atoms with E-state index in [2.05, 4.69) is 56.3 Å². The zero-order chi connectivity index (χ0) is 23.5. The summed E-state index contributed by atoms with van der Waals surface area (Å²) in [6, 6.07) is 24.9. The first-order chi connectivity index (χ1) is 16.7. The van der Waals surface area contributed by atoms with Crippen molar-refractivity contribution in [2.75, 3.05) is 6.61 Å². The first-order valence-electron chi connectivity index (χ1n) is 12.2. The number of hydrogen-bond acceptors (Lipinski definition) is 3. The lowest BCUT2D eigenvalue weighted by atomic mass is 10.00. The second-order valence-corrected chi connectivity index (χ2v) is 8.83. The maximum atomic E-state index is 13.9. The van der Waals surface area contributed by atoms with E-state index in [4.69, 9.17) is 9.72 Å². The Morgan fingerprint density at radius 2 is 1.65 bits per heavy atom. The van der Waals surface area contributed by atoms with Gasteiger partial charge in [-0.15, -0.1) is 0 Å². The average molecular weight is 451 g/mol. The number of benzene rings is 3. The van der Waals surface area contributed by atoms with Gasteiger partial charge in [-0.3, -0.25) is 9.36 Å². The van der Waals surface area contributed by atoms with Crippen molar-refractivity contribution in [3.8, 4) is 28.0 Å². The molecule has 1 aromatic heterocycles. The third-order valence-electron chi connectivity index (χ3n) is 6.51. The molecule has 0 atom stereocenters. The number of nitrogens with zero attached hydrogens (tertiary/aromatic N) is 2. The smallest absolute Gasteiger partial charge is 0.261 e. The van der Waals surface area contributed by atoms with Crippen molar-refractivity contribution in [3.05, 3.63) is 106 Å². The van der Waals surface area contributed by atoms with E-state index in [0.29, 0.717) is 13.2 Å². The van der Waals surface area contributed by atoms with Crippen molar-refractivity contribution in [3.63, 3.8) is 0 Å². The maximum Gasteiger partial charge on any atom is 0.261 e. The summed E-state index contributed by atoms with van der Waals surface area (Å²) < 4.78 is 7.55. The molecule has 0 radical (unpaired) electrons. The predicted molar refractivity (Wildman–Crippen MR) is 137 cm³/mol. The molecule has 0 bridgehead atoms. The summed E-state index contributed by atoms with van der Waals surface area (Å²) in [6.07, 6.45) is 3.33. The van der Waals surface area contributed by atoms with Gasteiger partial charge in [-0.25, -0.2) is 4.98 Å². The minimum atomic E-state index is 0.0429. The Bertz CT molecular complexity index is 1360. The molecule has 4 nitrogen and oxygen atoms in total. The Morgan fingerprint density at radius 3 is 2.38 bits per heavy atom. The minimum absolute atomic E-state index is 0.0429. The molecular formula is C30H30N2O2. The summed E-state index contributed by atoms with van der Waals surface area (Å²) in [5, 5.41) is 0. The van der Waals surface area contributed by atoms with Gasteiger partial charge in [-0.2, -0.15) is 0 Å². The first kappa shape index (κ1) is 22.1. The summed E-state index contributed by atoms with van der Waals surface area (Å²) >= 11 is 0. The molecule has 4 heteroatoms. The van der Waals surface area contributed by atoms with E-state index in [-0.39, 0.29) is 5.56 Å². The molecule has 0 fully saturated rings. The number of rotatable bonds is 7. The van der Waals surface area contributed by atoms with Gasteiger partial charge in [0.1, 0.15) is 11.6 Å². The lowest BCUT2D eigenvalue weighted by Crippen LogP contribution is -2.29. The van der Waals surface area contributed by atoms with Crippen LogP contribution in [-0.2, 0) is 25.8 Å². The molecule has 172 valence electrons. The molecule has 34 heavy (non-hydrogen) atoms. The van der Waals surface area contributed by atoms with E-state index in [1.165, 1.54) is 16.7 Å². The third-order valence-corrected chi connectivity index (χ3v) is 6.51. The molecule has 0 saturated heterocycles. The van der Waals surface area contributed by atoms with Crippen molar-refractivity contribution < 1.29 is 4.74 Å². The van der Waals surface area contributed by atoms with Crippen LogP contribution in [0.5, 0.6) is 5.75 Å². The number of aromatic nitrogens is 2. The Balaban J connectivity index is 1.56. The second-order valence-electron chi connectivity index (χ2n) is 8.83. The Hall–Kier alpha value is -3.66. The lowest BCUT2D eigenvalue weighted by Gasteiger charge is -2.17. The van der Waals surface area contributed by atoms with Crippen LogP contribution in [0.1, 0.15) is 42.9 Å². The van der Waals surface area contributed by atoms with E-state index in [1.54, 1.807) is 0 Å². The fourth-order valence-electron chi connectivity index (χ4n) is 4.73. The van der Waals surface area contributed by atoms with Crippen LogP contribution < -0.4 is 10.3 Å². The van der Waals surface area contributed by atoms with Crippen LogP contribution in [0.4, 0.5) is 0 Å². The van der Waals surface area contributed by atoms with Gasteiger partial charge in [0, 0.05) is 12.8 Å². The third kappa shape index (κ3) is 4.28. The van der Waals surface area contributed by atoms with E-state index in [0.717, 1.165) is 59.6 Å². The van der Waals surface area contributed by atoms with Gasteiger partial charge in [0.15, 0.2) is 0 Å². The summed E-state index contributed by atoms with van der Waals surface area (Å²) in [4.78, 5) is 18.9. The van der Waals surface area contributed by atoms with Crippen LogP contribution in [0.2, 0.25) is 0 Å². The molecule has 0 saturated carbocycles. The fourth-order valence-corrected chi connectivity index (χ4v) is 4.73. The number of hydrogen-bond donors (Lipinski definition) is 0. The molecule has 0 amide bonds. The molecule has 4 aromatic rings. The molecule has 0 N–H and O–H groups in total. The monoisotopic (exact) mass is 450 g/mol. The van der Waals surface area contributed by atoms with Gasteiger partial charge in [-0.1, -0.05) is 74.5 Å². The Kier molecular flexibility index (Phi) is 6.31. The van der Waals surface area contributed by atoms with Crippen LogP contribution in [0.15, 0.2) is 77.6 Å². The highest BCUT2D eigenvalue weighted by Gasteiger charge is 2.20. The zero-order valence-electron chi connectivity index (χ0n) is 19.9. The summed E-state index contributed by atoms with van der Waals surface area (Å²) in [5.74, 6) is 1.79. The molecule has 3 aromatic carbocycles. The van der Waals surface area contributed by atoms with Crippen LogP contribution in [0, 0.1) is 0 Å². The number of ether oxygens (including phenoxy) is 1. The van der Waals surface area contributed by atoms with E-state index < -0.39 is 0 Å². The highest BCUT2D eigenvalue weighted by Crippen LogP contribution is 2.31. The van der Waals surface area contributed by atoms with Crippen molar-refractivity contribution >= 4 is 0 Å². The van der Waals surface area contributed by atoms with Crippen LogP contribution in [0.25, 0.3) is 22.3 Å². The van der Waals surface area contributed by atoms with Crippen LogP contribution >= 0.6 is 0 Å². The molecule has 2 heterocycles. The van der Waals surface area contributed by atoms with Crippen molar-refractivity contribution in [2.24, 2.45) is 0 Å². The Labute approximate surface area is 200 Å². The van der Waals surface area contributed by atoms with Crippen molar-refractivity contribution in [1.82, 2.24) is 9.55 Å². The van der Waals surface area contributed by atoms with Gasteiger partial charge >= 0.3 is 0 Å². The largest absolute Gasteiger partial charge is 0.493 e. The first-order valence-corrected chi connectivity index (χ1v) is 12.2. The molecule has 1 aliphatic rings. The topological polar surface area (TPSA) is 44.1 Å². The highest BCUT2D eigenvalue weighted by atomic mass is 16.5. The SMILES string of the molecule is CCCc1nc(CC)c(-c2ccc3c(c2)CCO3)c(=O)n1Cc1ccc(-c2ccccc2)cc1. The summed E-state index contributed by atoms with van der Waals surface area (Å²) in [6.45, 7) is 5.42. The second kappa shape index (κ2) is 9.68. The quantitative estimate of drug-likeness (QED) is 0.343. The Morgan fingerprint density at radius 1 is 0.912 bits per heavy atom. The molecule has 1 aliphatic heterocycles. The molecular weight excluding hydrogens is 420 g/mol. The molecule has 5 rings (SSSR count). The highest BCUT2D eigenvalue weighted by molar-refractivity contribution is 5.68. The zero-order valence-corrected chi connectivity index (χ0v) is 19.9. The van der Waals surface area contributed by atoms with E-state index >= 15 is 0 Å². The van der Waals surface area contributed by atoms with Gasteiger partial charge in [0.25, 0.3) is 5.56 Å². The number of fused-ring (bicyclic) bond motifs is 1. The van der Waals surface area contributed by atoms with Gasteiger partial charge < -0.3 is 4.74 Å². The molecule has 0 spiro atoms. The molecule has 0 aliphatic carbocycles. The average Bonchev–Trinajstić information content (AvgIpc) is 3.35. The lowest BCUT2D eigenvalue weighted by molar-refractivity contribution is 0.357. The van der Waals surface area contributed by atoms with Crippen molar-refractivity contribution in [2.45, 2.75) is 46.1 Å². The maximum absolute atomic E-state index is 13.9. The van der Waals surface area contributed by atoms with E-state index in [1.807, 2.05) is 34.9 Å². The number of aryl methyl sites for hydroxylation is 2. The summed E-state index contributed by atoms with van der Waals surface area (Å²) in [5.41, 5.74) is 7.20. The molecule has 0 unspecified atom stereocenters.